The van der Waals surface area contributed by atoms with Gasteiger partial charge >= 0.3 is 5.97 Å². The van der Waals surface area contributed by atoms with Crippen LogP contribution in [0.1, 0.15) is 17.3 Å². The lowest BCUT2D eigenvalue weighted by molar-refractivity contribution is -0.113. The van der Waals surface area contributed by atoms with Gasteiger partial charge < -0.3 is 10.1 Å². The Bertz CT molecular complexity index is 1080. The van der Waals surface area contributed by atoms with Gasteiger partial charge in [-0.1, -0.05) is 23.9 Å². The van der Waals surface area contributed by atoms with Crippen LogP contribution < -0.4 is 10.9 Å². The minimum absolute atomic E-state index is 0.0955. The number of carbonyl (C=O) groups is 2. The number of hydrogen-bond acceptors (Lipinski definition) is 6. The molecule has 28 heavy (non-hydrogen) atoms. The van der Waals surface area contributed by atoms with E-state index in [1.807, 2.05) is 6.07 Å². The number of benzene rings is 2. The Labute approximate surface area is 165 Å². The second-order valence-corrected chi connectivity index (χ2v) is 6.85. The first-order chi connectivity index (χ1) is 13.5. The summed E-state index contributed by atoms with van der Waals surface area (Å²) in [4.78, 5) is 40.7. The van der Waals surface area contributed by atoms with Crippen LogP contribution in [0.2, 0.25) is 0 Å². The number of thioether (sulfide) groups is 1. The Hall–Kier alpha value is -3.13. The summed E-state index contributed by atoms with van der Waals surface area (Å²) in [5.74, 6) is -0.548. The largest absolute Gasteiger partial charge is 0.462 e. The Balaban J connectivity index is 1.65. The standard InChI is InChI=1S/C20H19N3O4S/c1-3-27-19(26)13-8-10-14(11-9-13)21-17(24)12-28-20-22-16-7-5-4-6-15(16)18(25)23(20)2/h4-11H,3,12H2,1-2H3,(H,21,24). The zero-order chi connectivity index (χ0) is 20.1. The lowest BCUT2D eigenvalue weighted by Crippen LogP contribution is -2.21. The van der Waals surface area contributed by atoms with Crippen molar-refractivity contribution in [2.24, 2.45) is 7.05 Å². The Morgan fingerprint density at radius 3 is 2.57 bits per heavy atom. The summed E-state index contributed by atoms with van der Waals surface area (Å²) >= 11 is 1.18. The molecule has 8 heteroatoms. The number of carbonyl (C=O) groups excluding carboxylic acids is 2. The second-order valence-electron chi connectivity index (χ2n) is 5.91. The van der Waals surface area contributed by atoms with Gasteiger partial charge in [-0.05, 0) is 43.3 Å². The van der Waals surface area contributed by atoms with Gasteiger partial charge in [-0.25, -0.2) is 9.78 Å². The van der Waals surface area contributed by atoms with Gasteiger partial charge in [0.25, 0.3) is 5.56 Å². The van der Waals surface area contributed by atoms with Crippen LogP contribution in [0.3, 0.4) is 0 Å². The predicted molar refractivity (Wildman–Crippen MR) is 109 cm³/mol. The van der Waals surface area contributed by atoms with E-state index in [-0.39, 0.29) is 17.2 Å². The summed E-state index contributed by atoms with van der Waals surface area (Å²) in [5.41, 5.74) is 1.44. The SMILES string of the molecule is CCOC(=O)c1ccc(NC(=O)CSc2nc3ccccc3c(=O)n2C)cc1. The van der Waals surface area contributed by atoms with Crippen LogP contribution in [0.5, 0.6) is 0 Å². The minimum atomic E-state index is -0.403. The number of esters is 1. The molecule has 3 aromatic rings. The topological polar surface area (TPSA) is 90.3 Å². The highest BCUT2D eigenvalue weighted by atomic mass is 32.2. The molecule has 0 saturated heterocycles. The minimum Gasteiger partial charge on any atom is -0.462 e. The molecule has 1 N–H and O–H groups in total. The van der Waals surface area contributed by atoms with E-state index in [0.717, 1.165) is 0 Å². The summed E-state index contributed by atoms with van der Waals surface area (Å²) in [6, 6.07) is 13.6. The van der Waals surface area contributed by atoms with Gasteiger partial charge in [0.05, 0.1) is 28.8 Å². The van der Waals surface area contributed by atoms with Gasteiger partial charge in [0.2, 0.25) is 5.91 Å². The Morgan fingerprint density at radius 1 is 1.14 bits per heavy atom. The average Bonchev–Trinajstić information content (AvgIpc) is 2.70. The van der Waals surface area contributed by atoms with E-state index < -0.39 is 5.97 Å². The fraction of sp³-hybridized carbons (Fsp3) is 0.200. The lowest BCUT2D eigenvalue weighted by Gasteiger charge is -2.09. The molecule has 0 saturated carbocycles. The monoisotopic (exact) mass is 397 g/mol. The van der Waals surface area contributed by atoms with Crippen molar-refractivity contribution < 1.29 is 14.3 Å². The fourth-order valence-electron chi connectivity index (χ4n) is 2.56. The number of para-hydroxylation sites is 1. The smallest absolute Gasteiger partial charge is 0.338 e. The van der Waals surface area contributed by atoms with E-state index in [0.29, 0.717) is 33.9 Å². The van der Waals surface area contributed by atoms with Gasteiger partial charge in [-0.3, -0.25) is 14.2 Å². The molecular formula is C20H19N3O4S. The van der Waals surface area contributed by atoms with Crippen molar-refractivity contribution in [3.63, 3.8) is 0 Å². The van der Waals surface area contributed by atoms with Crippen molar-refractivity contribution in [3.05, 3.63) is 64.4 Å². The number of fused-ring (bicyclic) bond motifs is 1. The van der Waals surface area contributed by atoms with Crippen molar-refractivity contribution in [1.82, 2.24) is 9.55 Å². The normalized spacial score (nSPS) is 10.6. The number of nitrogens with one attached hydrogen (secondary N) is 1. The van der Waals surface area contributed by atoms with Crippen LogP contribution >= 0.6 is 11.8 Å². The first-order valence-electron chi connectivity index (χ1n) is 8.65. The highest BCUT2D eigenvalue weighted by molar-refractivity contribution is 7.99. The Kier molecular flexibility index (Phi) is 6.10. The molecule has 0 bridgehead atoms. The van der Waals surface area contributed by atoms with Gasteiger partial charge in [0, 0.05) is 12.7 Å². The zero-order valence-corrected chi connectivity index (χ0v) is 16.3. The molecule has 0 aliphatic heterocycles. The van der Waals surface area contributed by atoms with Crippen LogP contribution in [0.15, 0.2) is 58.5 Å². The molecule has 0 aliphatic rings. The predicted octanol–water partition coefficient (Wildman–Crippen LogP) is 2.84. The van der Waals surface area contributed by atoms with Crippen LogP contribution in [0.4, 0.5) is 5.69 Å². The third kappa shape index (κ3) is 4.40. The summed E-state index contributed by atoms with van der Waals surface area (Å²) < 4.78 is 6.36. The molecule has 3 rings (SSSR count). The van der Waals surface area contributed by atoms with Crippen molar-refractivity contribution in [2.45, 2.75) is 12.1 Å². The van der Waals surface area contributed by atoms with Crippen LogP contribution in [0, 0.1) is 0 Å². The summed E-state index contributed by atoms with van der Waals surface area (Å²) in [6.45, 7) is 2.05. The second kappa shape index (κ2) is 8.71. The van der Waals surface area contributed by atoms with Gasteiger partial charge in [0.15, 0.2) is 5.16 Å². The summed E-state index contributed by atoms with van der Waals surface area (Å²) in [5, 5.41) is 3.77. The van der Waals surface area contributed by atoms with Crippen LogP contribution in [-0.4, -0.2) is 33.8 Å². The maximum atomic E-state index is 12.4. The molecule has 0 atom stereocenters. The molecule has 0 fully saturated rings. The molecule has 0 spiro atoms. The third-order valence-corrected chi connectivity index (χ3v) is 4.98. The molecule has 144 valence electrons. The van der Waals surface area contributed by atoms with Crippen molar-refractivity contribution in [2.75, 3.05) is 17.7 Å². The van der Waals surface area contributed by atoms with Gasteiger partial charge in [0.1, 0.15) is 0 Å². The van der Waals surface area contributed by atoms with E-state index in [4.69, 9.17) is 4.74 Å². The van der Waals surface area contributed by atoms with E-state index >= 15 is 0 Å². The fourth-order valence-corrected chi connectivity index (χ4v) is 3.33. The van der Waals surface area contributed by atoms with Crippen molar-refractivity contribution in [1.29, 1.82) is 0 Å². The quantitative estimate of drug-likeness (QED) is 0.391. The first kappa shape index (κ1) is 19.6. The van der Waals surface area contributed by atoms with E-state index in [1.54, 1.807) is 56.4 Å². The number of hydrogen-bond donors (Lipinski definition) is 1. The van der Waals surface area contributed by atoms with Crippen molar-refractivity contribution >= 4 is 40.2 Å². The van der Waals surface area contributed by atoms with Gasteiger partial charge in [-0.15, -0.1) is 0 Å². The zero-order valence-electron chi connectivity index (χ0n) is 15.5. The molecule has 0 unspecified atom stereocenters. The van der Waals surface area contributed by atoms with Crippen molar-refractivity contribution in [3.8, 4) is 0 Å². The maximum Gasteiger partial charge on any atom is 0.338 e. The van der Waals surface area contributed by atoms with E-state index in [1.165, 1.54) is 16.3 Å². The summed E-state index contributed by atoms with van der Waals surface area (Å²) in [7, 11) is 1.64. The van der Waals surface area contributed by atoms with Crippen LogP contribution in [-0.2, 0) is 16.6 Å². The number of amides is 1. The number of anilines is 1. The summed E-state index contributed by atoms with van der Waals surface area (Å²) in [6.07, 6.45) is 0. The van der Waals surface area contributed by atoms with Crippen LogP contribution in [0.25, 0.3) is 10.9 Å². The molecule has 1 heterocycles. The molecule has 1 amide bonds. The average molecular weight is 397 g/mol. The molecule has 2 aromatic carbocycles. The van der Waals surface area contributed by atoms with E-state index in [9.17, 15) is 14.4 Å². The Morgan fingerprint density at radius 2 is 1.86 bits per heavy atom. The number of nitrogens with zero attached hydrogens (tertiary/aromatic N) is 2. The number of aromatic nitrogens is 2. The molecule has 1 aromatic heterocycles. The number of rotatable bonds is 6. The molecule has 7 nitrogen and oxygen atoms in total. The number of ether oxygens (including phenoxy) is 1. The van der Waals surface area contributed by atoms with E-state index in [2.05, 4.69) is 10.3 Å². The highest BCUT2D eigenvalue weighted by Crippen LogP contribution is 2.18. The first-order valence-corrected chi connectivity index (χ1v) is 9.63. The van der Waals surface area contributed by atoms with Gasteiger partial charge in [-0.2, -0.15) is 0 Å². The molecular weight excluding hydrogens is 378 g/mol. The highest BCUT2D eigenvalue weighted by Gasteiger charge is 2.11. The third-order valence-electron chi connectivity index (χ3n) is 3.95. The molecule has 0 aliphatic carbocycles. The molecule has 0 radical (unpaired) electrons. The maximum absolute atomic E-state index is 12.4. The lowest BCUT2D eigenvalue weighted by atomic mass is 10.2.